The zero-order valence-electron chi connectivity index (χ0n) is 39.7. The Labute approximate surface area is 358 Å². The van der Waals surface area contributed by atoms with E-state index in [2.05, 4.69) is 97.8 Å². The molecule has 0 saturated carbocycles. The molecule has 0 bridgehead atoms. The van der Waals surface area contributed by atoms with Crippen molar-refractivity contribution in [1.82, 2.24) is 28.4 Å². The topological polar surface area (TPSA) is 155 Å². The smallest absolute Gasteiger partial charge is 0.336 e. The van der Waals surface area contributed by atoms with Crippen LogP contribution in [0.3, 0.4) is 0 Å². The van der Waals surface area contributed by atoms with Crippen molar-refractivity contribution in [2.24, 2.45) is 0 Å². The second kappa shape index (κ2) is 18.2. The highest BCUT2D eigenvalue weighted by Gasteiger charge is 2.47. The van der Waals surface area contributed by atoms with Crippen molar-refractivity contribution in [2.75, 3.05) is 0 Å². The molecule has 0 amide bonds. The molecule has 3 aliphatic heterocycles. The predicted molar refractivity (Wildman–Crippen MR) is 231 cm³/mol. The molecular formula is C45H78N6O9. The Balaban J connectivity index is 1.57. The summed E-state index contributed by atoms with van der Waals surface area (Å²) in [5.74, 6) is -1.84. The zero-order valence-corrected chi connectivity index (χ0v) is 39.7. The van der Waals surface area contributed by atoms with Crippen LogP contribution in [0.1, 0.15) is 181 Å². The number of carbonyl (C=O) groups is 3. The molecule has 3 unspecified atom stereocenters. The molecule has 0 aromatic carbocycles. The molecule has 0 N–H and O–H groups in total. The van der Waals surface area contributed by atoms with Gasteiger partial charge in [-0.15, -0.1) is 0 Å². The maximum absolute atomic E-state index is 13.9. The Morgan fingerprint density at radius 3 is 0.783 bits per heavy atom. The van der Waals surface area contributed by atoms with Gasteiger partial charge in [0, 0.05) is 52.9 Å². The van der Waals surface area contributed by atoms with Gasteiger partial charge >= 0.3 is 35.0 Å². The first-order chi connectivity index (χ1) is 27.4. The first kappa shape index (κ1) is 49.4. The lowest BCUT2D eigenvalue weighted by molar-refractivity contribution is -0.182. The summed E-state index contributed by atoms with van der Waals surface area (Å²) in [5, 5.41) is 0. The van der Waals surface area contributed by atoms with Crippen LogP contribution in [0.25, 0.3) is 0 Å². The van der Waals surface area contributed by atoms with Gasteiger partial charge in [0.25, 0.3) is 0 Å². The average molecular weight is 847 g/mol. The van der Waals surface area contributed by atoms with E-state index in [0.29, 0.717) is 0 Å². The van der Waals surface area contributed by atoms with Crippen molar-refractivity contribution in [1.29, 1.82) is 0 Å². The lowest BCUT2D eigenvalue weighted by Gasteiger charge is -2.54. The second-order valence-corrected chi connectivity index (χ2v) is 21.4. The number of hydrogen-bond acceptors (Lipinski definition) is 12. The molecule has 4 rings (SSSR count). The highest BCUT2D eigenvalue weighted by Crippen LogP contribution is 2.42. The van der Waals surface area contributed by atoms with Gasteiger partial charge in [-0.1, -0.05) is 0 Å². The van der Waals surface area contributed by atoms with Crippen molar-refractivity contribution < 1.29 is 28.6 Å². The van der Waals surface area contributed by atoms with Crippen LogP contribution in [0.5, 0.6) is 0 Å². The summed E-state index contributed by atoms with van der Waals surface area (Å²) in [6.07, 6.45) is 6.11. The Kier molecular flexibility index (Phi) is 15.0. The molecule has 1 aromatic heterocycles. The second-order valence-electron chi connectivity index (χ2n) is 21.4. The summed E-state index contributed by atoms with van der Waals surface area (Å²) < 4.78 is 20.1. The first-order valence-corrected chi connectivity index (χ1v) is 22.4. The van der Waals surface area contributed by atoms with Crippen molar-refractivity contribution in [3.63, 3.8) is 0 Å². The molecule has 3 atom stereocenters. The summed E-state index contributed by atoms with van der Waals surface area (Å²) in [6, 6.07) is 0. The first-order valence-electron chi connectivity index (χ1n) is 22.4. The molecule has 0 radical (unpaired) electrons. The molecule has 60 heavy (non-hydrogen) atoms. The van der Waals surface area contributed by atoms with Gasteiger partial charge in [-0.2, -0.15) is 0 Å². The van der Waals surface area contributed by atoms with Gasteiger partial charge in [0.1, 0.15) is 0 Å². The van der Waals surface area contributed by atoms with Gasteiger partial charge in [-0.3, -0.25) is 29.1 Å². The fourth-order valence-electron chi connectivity index (χ4n) is 11.8. The van der Waals surface area contributed by atoms with E-state index in [0.717, 1.165) is 71.5 Å². The van der Waals surface area contributed by atoms with E-state index in [-0.39, 0.29) is 72.1 Å². The normalized spacial score (nSPS) is 23.9. The molecular weight excluding hydrogens is 769 g/mol. The van der Waals surface area contributed by atoms with E-state index in [9.17, 15) is 28.8 Å². The summed E-state index contributed by atoms with van der Waals surface area (Å²) in [7, 11) is 0. The molecule has 0 aliphatic carbocycles. The number of nitrogens with zero attached hydrogens (tertiary/aromatic N) is 6. The quantitative estimate of drug-likeness (QED) is 0.147. The fraction of sp³-hybridized carbons (Fsp3) is 0.867. The minimum atomic E-state index is -0.967. The Bertz CT molecular complexity index is 1610. The SMILES string of the molecule is CC(OC(=O)CCn1c(=O)n(CCC(=O)OC(C)N2C(C)(C)CCCC2(C)C)c(=O)n(CCC(=O)OC(C)N2C(C)(C)CCCC2(C)C)c1=O)N1C(C)(C)CCCC1(C)C. The van der Waals surface area contributed by atoms with Crippen LogP contribution in [0.2, 0.25) is 0 Å². The number of aromatic nitrogens is 3. The zero-order chi connectivity index (χ0) is 45.4. The lowest BCUT2D eigenvalue weighted by Crippen LogP contribution is -2.62. The van der Waals surface area contributed by atoms with Gasteiger partial charge in [0.05, 0.1) is 19.3 Å². The number of rotatable bonds is 15. The van der Waals surface area contributed by atoms with Crippen LogP contribution in [-0.4, -0.2) is 98.2 Å². The minimum Gasteiger partial charge on any atom is -0.447 e. The number of likely N-dealkylation sites (tertiary alicyclic amines) is 3. The van der Waals surface area contributed by atoms with Crippen LogP contribution in [0.4, 0.5) is 0 Å². The Hall–Kier alpha value is -3.30. The number of ether oxygens (including phenoxy) is 3. The van der Waals surface area contributed by atoms with Crippen LogP contribution in [0.15, 0.2) is 14.4 Å². The lowest BCUT2D eigenvalue weighted by atomic mass is 9.79. The molecule has 3 aliphatic rings. The van der Waals surface area contributed by atoms with Gasteiger partial charge in [-0.05, 0) is 162 Å². The third-order valence-electron chi connectivity index (χ3n) is 13.6. The van der Waals surface area contributed by atoms with Gasteiger partial charge in [-0.25, -0.2) is 28.1 Å². The van der Waals surface area contributed by atoms with E-state index in [1.54, 1.807) is 0 Å². The number of esters is 3. The Morgan fingerprint density at radius 2 is 0.600 bits per heavy atom. The summed E-state index contributed by atoms with van der Waals surface area (Å²) >= 11 is 0. The number of hydrogen-bond donors (Lipinski definition) is 0. The van der Waals surface area contributed by atoms with Crippen molar-refractivity contribution >= 4 is 17.9 Å². The average Bonchev–Trinajstić information content (AvgIpc) is 3.05. The van der Waals surface area contributed by atoms with E-state index < -0.39 is 53.7 Å². The molecule has 342 valence electrons. The minimum absolute atomic E-state index is 0.222. The maximum atomic E-state index is 13.9. The third kappa shape index (κ3) is 11.0. The van der Waals surface area contributed by atoms with Crippen molar-refractivity contribution in [3.8, 4) is 0 Å². The fourth-order valence-corrected chi connectivity index (χ4v) is 11.8. The predicted octanol–water partition coefficient (Wildman–Crippen LogP) is 6.14. The van der Waals surface area contributed by atoms with Crippen LogP contribution < -0.4 is 17.1 Å². The van der Waals surface area contributed by atoms with Crippen LogP contribution in [-0.2, 0) is 48.2 Å². The largest absolute Gasteiger partial charge is 0.447 e. The summed E-state index contributed by atoms with van der Waals surface area (Å²) in [6.45, 7) is 29.9. The van der Waals surface area contributed by atoms with Crippen molar-refractivity contribution in [2.45, 2.75) is 252 Å². The Morgan fingerprint density at radius 1 is 0.417 bits per heavy atom. The highest BCUT2D eigenvalue weighted by atomic mass is 16.6. The standard InChI is InChI=1S/C45H78N6O9/c1-31(49-40(4,5)22-16-23-41(49,6)7)58-34(52)19-28-46-37(55)47(29-20-35(53)59-32(2)50-42(8,9)24-17-25-43(50,10)11)39(57)48(38(46)56)30-21-36(54)60-33(3)51-44(12,13)26-18-27-45(51,14)15/h31-33H,16-30H2,1-15H3. The number of carbonyl (C=O) groups excluding carboxylic acids is 3. The van der Waals surface area contributed by atoms with E-state index >= 15 is 0 Å². The molecule has 4 heterocycles. The van der Waals surface area contributed by atoms with Crippen molar-refractivity contribution in [3.05, 3.63) is 31.5 Å². The van der Waals surface area contributed by atoms with E-state index in [1.807, 2.05) is 20.8 Å². The van der Waals surface area contributed by atoms with E-state index in [1.165, 1.54) is 0 Å². The van der Waals surface area contributed by atoms with E-state index in [4.69, 9.17) is 14.2 Å². The van der Waals surface area contributed by atoms with Crippen LogP contribution >= 0.6 is 0 Å². The summed E-state index contributed by atoms with van der Waals surface area (Å²) in [5.41, 5.74) is -4.24. The summed E-state index contributed by atoms with van der Waals surface area (Å²) in [4.78, 5) is 88.5. The molecule has 3 fully saturated rings. The molecule has 15 nitrogen and oxygen atoms in total. The number of piperidine rings is 3. The van der Waals surface area contributed by atoms with Gasteiger partial charge < -0.3 is 14.2 Å². The van der Waals surface area contributed by atoms with Gasteiger partial charge in [0.2, 0.25) is 0 Å². The van der Waals surface area contributed by atoms with Crippen LogP contribution in [0, 0.1) is 0 Å². The monoisotopic (exact) mass is 847 g/mol. The molecule has 1 aromatic rings. The molecule has 3 saturated heterocycles. The van der Waals surface area contributed by atoms with Gasteiger partial charge in [0.15, 0.2) is 18.7 Å². The molecule has 15 heteroatoms. The molecule has 0 spiro atoms. The maximum Gasteiger partial charge on any atom is 0.336 e. The third-order valence-corrected chi connectivity index (χ3v) is 13.6. The highest BCUT2D eigenvalue weighted by molar-refractivity contribution is 5.70.